The fourth-order valence-corrected chi connectivity index (χ4v) is 2.60. The molecule has 0 spiro atoms. The fraction of sp³-hybridized carbons (Fsp3) is 0.381. The van der Waals surface area contributed by atoms with E-state index in [0.717, 1.165) is 0 Å². The average molecular weight is 395 g/mol. The van der Waals surface area contributed by atoms with Crippen LogP contribution in [0.4, 0.5) is 5.69 Å². The van der Waals surface area contributed by atoms with Crippen molar-refractivity contribution in [2.24, 2.45) is 5.41 Å². The number of anilines is 1. The molecule has 1 aromatic rings. The van der Waals surface area contributed by atoms with Crippen LogP contribution in [-0.4, -0.2) is 41.9 Å². The zero-order valence-corrected chi connectivity index (χ0v) is 16.4. The lowest BCUT2D eigenvalue weighted by atomic mass is 9.89. The summed E-state index contributed by atoms with van der Waals surface area (Å²) in [6.07, 6.45) is -0.456. The Kier molecular flexibility index (Phi) is 6.53. The highest BCUT2D eigenvalue weighted by Gasteiger charge is 2.35. The van der Waals surface area contributed by atoms with E-state index < -0.39 is 40.4 Å². The molecule has 0 fully saturated rings. The molecular weight excluding hydrogens is 374 g/mol. The van der Waals surface area contributed by atoms with Crippen molar-refractivity contribution in [1.82, 2.24) is 0 Å². The molecular formula is C21H21N3O5. The molecule has 0 amide bonds. The van der Waals surface area contributed by atoms with Crippen LogP contribution in [0.25, 0.3) is 9.69 Å². The number of hydrogen-bond acceptors (Lipinski definition) is 6. The van der Waals surface area contributed by atoms with Crippen LogP contribution in [0.3, 0.4) is 0 Å². The van der Waals surface area contributed by atoms with Crippen molar-refractivity contribution in [3.8, 4) is 0 Å². The minimum absolute atomic E-state index is 0.00721. The number of allylic oxidation sites excluding steroid dienone is 2. The van der Waals surface area contributed by atoms with Gasteiger partial charge in [0.1, 0.15) is 12.7 Å². The Morgan fingerprint density at radius 3 is 2.41 bits per heavy atom. The molecule has 0 bridgehead atoms. The Hall–Kier alpha value is -3.49. The first-order valence-corrected chi connectivity index (χ1v) is 8.98. The SMILES string of the molecule is [C-]#[N+]C1=C([N+]#[C-])C(=O)c2c(NCC(O)COC(=O)C(C)(C)CC)cccc2C1=O. The second kappa shape index (κ2) is 8.68. The third kappa shape index (κ3) is 4.34. The standard InChI is InChI=1S/C21H21N3O5/c1-6-21(2,3)20(28)29-11-12(25)10-24-14-9-7-8-13-15(14)19(27)17(23-5)16(22-4)18(13)26/h7-9,12,24-25H,6,10-11H2,1-3H3. The van der Waals surface area contributed by atoms with E-state index in [4.69, 9.17) is 17.9 Å². The van der Waals surface area contributed by atoms with E-state index in [1.165, 1.54) is 18.2 Å². The molecule has 1 atom stereocenters. The van der Waals surface area contributed by atoms with Gasteiger partial charge in [-0.2, -0.15) is 0 Å². The zero-order valence-electron chi connectivity index (χ0n) is 16.4. The summed E-state index contributed by atoms with van der Waals surface area (Å²) in [5.41, 5.74) is -1.37. The molecule has 0 saturated heterocycles. The molecule has 29 heavy (non-hydrogen) atoms. The fourth-order valence-electron chi connectivity index (χ4n) is 2.60. The van der Waals surface area contributed by atoms with Gasteiger partial charge in [0, 0.05) is 23.4 Å². The van der Waals surface area contributed by atoms with Gasteiger partial charge in [0.25, 0.3) is 0 Å². The van der Waals surface area contributed by atoms with E-state index in [1.54, 1.807) is 13.8 Å². The average Bonchev–Trinajstić information content (AvgIpc) is 2.72. The molecule has 0 saturated carbocycles. The molecule has 1 aromatic carbocycles. The van der Waals surface area contributed by atoms with Crippen molar-refractivity contribution < 1.29 is 24.2 Å². The second-order valence-corrected chi connectivity index (χ2v) is 7.18. The summed E-state index contributed by atoms with van der Waals surface area (Å²) in [6, 6.07) is 4.48. The van der Waals surface area contributed by atoms with Gasteiger partial charge in [0.2, 0.25) is 11.4 Å². The van der Waals surface area contributed by atoms with Crippen LogP contribution in [0.15, 0.2) is 29.6 Å². The summed E-state index contributed by atoms with van der Waals surface area (Å²) >= 11 is 0. The van der Waals surface area contributed by atoms with Gasteiger partial charge in [-0.25, -0.2) is 9.69 Å². The second-order valence-electron chi connectivity index (χ2n) is 7.18. The molecule has 8 heteroatoms. The summed E-state index contributed by atoms with van der Waals surface area (Å²) < 4.78 is 5.13. The first-order valence-electron chi connectivity index (χ1n) is 8.98. The van der Waals surface area contributed by atoms with Crippen LogP contribution >= 0.6 is 0 Å². The molecule has 150 valence electrons. The number of carbonyl (C=O) groups is 3. The van der Waals surface area contributed by atoms with Gasteiger partial charge in [-0.3, -0.25) is 4.79 Å². The van der Waals surface area contributed by atoms with Crippen LogP contribution in [0.5, 0.6) is 0 Å². The van der Waals surface area contributed by atoms with E-state index in [1.807, 2.05) is 6.92 Å². The molecule has 8 nitrogen and oxygen atoms in total. The number of fused-ring (bicyclic) bond motifs is 1. The molecule has 1 aliphatic rings. The molecule has 0 radical (unpaired) electrons. The maximum atomic E-state index is 12.6. The van der Waals surface area contributed by atoms with E-state index in [2.05, 4.69) is 15.0 Å². The normalized spacial score (nSPS) is 14.6. The number of esters is 1. The van der Waals surface area contributed by atoms with Gasteiger partial charge in [0.15, 0.2) is 11.6 Å². The summed E-state index contributed by atoms with van der Waals surface area (Å²) in [6.45, 7) is 19.3. The molecule has 0 heterocycles. The van der Waals surface area contributed by atoms with Crippen molar-refractivity contribution in [3.63, 3.8) is 0 Å². The van der Waals surface area contributed by atoms with Gasteiger partial charge in [-0.1, -0.05) is 19.1 Å². The summed E-state index contributed by atoms with van der Waals surface area (Å²) in [5.74, 6) is -1.81. The topological polar surface area (TPSA) is 101 Å². The molecule has 2 N–H and O–H groups in total. The highest BCUT2D eigenvalue weighted by atomic mass is 16.5. The Morgan fingerprint density at radius 2 is 1.83 bits per heavy atom. The Morgan fingerprint density at radius 1 is 1.21 bits per heavy atom. The number of rotatable bonds is 7. The maximum Gasteiger partial charge on any atom is 0.311 e. The highest BCUT2D eigenvalue weighted by molar-refractivity contribution is 6.30. The van der Waals surface area contributed by atoms with E-state index in [0.29, 0.717) is 6.42 Å². The predicted molar refractivity (Wildman–Crippen MR) is 105 cm³/mol. The summed E-state index contributed by atoms with van der Waals surface area (Å²) in [7, 11) is 0. The lowest BCUT2D eigenvalue weighted by molar-refractivity contribution is -0.156. The highest BCUT2D eigenvalue weighted by Crippen LogP contribution is 2.32. The first-order chi connectivity index (χ1) is 13.7. The molecule has 2 rings (SSSR count). The third-order valence-corrected chi connectivity index (χ3v) is 4.79. The van der Waals surface area contributed by atoms with Crippen LogP contribution in [0.1, 0.15) is 47.9 Å². The monoisotopic (exact) mass is 395 g/mol. The van der Waals surface area contributed by atoms with Gasteiger partial charge >= 0.3 is 5.97 Å². The van der Waals surface area contributed by atoms with E-state index >= 15 is 0 Å². The van der Waals surface area contributed by atoms with Crippen molar-refractivity contribution >= 4 is 23.2 Å². The van der Waals surface area contributed by atoms with Crippen molar-refractivity contribution in [2.75, 3.05) is 18.5 Å². The minimum Gasteiger partial charge on any atom is -0.462 e. The Balaban J connectivity index is 2.15. The van der Waals surface area contributed by atoms with Crippen LogP contribution in [-0.2, 0) is 9.53 Å². The number of Topliss-reactive ketones (excluding diaryl/α,β-unsaturated/α-hetero) is 2. The van der Waals surface area contributed by atoms with Gasteiger partial charge in [0.05, 0.1) is 18.6 Å². The number of nitrogens with one attached hydrogen (secondary N) is 1. The number of aliphatic hydroxyl groups excluding tert-OH is 1. The van der Waals surface area contributed by atoms with Crippen LogP contribution in [0.2, 0.25) is 0 Å². The van der Waals surface area contributed by atoms with Crippen molar-refractivity contribution in [1.29, 1.82) is 0 Å². The number of nitrogens with zero attached hydrogens (tertiary/aromatic N) is 2. The van der Waals surface area contributed by atoms with Crippen molar-refractivity contribution in [2.45, 2.75) is 33.3 Å². The van der Waals surface area contributed by atoms with E-state index in [-0.39, 0.29) is 30.0 Å². The van der Waals surface area contributed by atoms with Gasteiger partial charge in [-0.05, 0) is 26.3 Å². The summed E-state index contributed by atoms with van der Waals surface area (Å²) in [4.78, 5) is 43.2. The van der Waals surface area contributed by atoms with Gasteiger partial charge < -0.3 is 24.7 Å². The van der Waals surface area contributed by atoms with Gasteiger partial charge in [-0.15, -0.1) is 0 Å². The smallest absolute Gasteiger partial charge is 0.311 e. The molecule has 1 unspecified atom stereocenters. The first kappa shape index (κ1) is 21.8. The van der Waals surface area contributed by atoms with Crippen molar-refractivity contribution in [3.05, 3.63) is 63.6 Å². The molecule has 1 aliphatic carbocycles. The number of carbonyl (C=O) groups excluding carboxylic acids is 3. The quantitative estimate of drug-likeness (QED) is 0.544. The predicted octanol–water partition coefficient (Wildman–Crippen LogP) is 2.87. The number of benzene rings is 1. The number of aliphatic hydroxyl groups is 1. The van der Waals surface area contributed by atoms with Crippen LogP contribution < -0.4 is 5.32 Å². The van der Waals surface area contributed by atoms with Crippen LogP contribution in [0, 0.1) is 18.6 Å². The minimum atomic E-state index is -1.05. The summed E-state index contributed by atoms with van der Waals surface area (Å²) in [5, 5.41) is 13.0. The maximum absolute atomic E-state index is 12.6. The largest absolute Gasteiger partial charge is 0.462 e. The molecule has 0 aliphatic heterocycles. The van der Waals surface area contributed by atoms with E-state index in [9.17, 15) is 19.5 Å². The lowest BCUT2D eigenvalue weighted by Crippen LogP contribution is -2.32. The number of hydrogen-bond donors (Lipinski definition) is 2. The Bertz CT molecular complexity index is 979. The Labute approximate surface area is 168 Å². The number of ketones is 2. The lowest BCUT2D eigenvalue weighted by Gasteiger charge is -2.22. The molecule has 0 aromatic heterocycles. The third-order valence-electron chi connectivity index (χ3n) is 4.79. The number of ether oxygens (including phenoxy) is 1. The zero-order chi connectivity index (χ0) is 21.8.